The molecule has 0 bridgehead atoms. The fourth-order valence-corrected chi connectivity index (χ4v) is 3.05. The van der Waals surface area contributed by atoms with Crippen molar-refractivity contribution in [1.82, 2.24) is 5.32 Å². The molecule has 20 heavy (non-hydrogen) atoms. The third kappa shape index (κ3) is 3.84. The average molecular weight is 289 g/mol. The Kier molecular flexibility index (Phi) is 5.21. The van der Waals surface area contributed by atoms with Crippen LogP contribution in [0.3, 0.4) is 0 Å². The summed E-state index contributed by atoms with van der Waals surface area (Å²) in [6, 6.07) is 6.48. The molecule has 108 valence electrons. The summed E-state index contributed by atoms with van der Waals surface area (Å²) in [7, 11) is 0. The van der Waals surface area contributed by atoms with Gasteiger partial charge in [0, 0.05) is 18.0 Å². The second-order valence-corrected chi connectivity index (χ2v) is 6.26. The van der Waals surface area contributed by atoms with Crippen LogP contribution in [0.1, 0.15) is 27.1 Å². The zero-order valence-electron chi connectivity index (χ0n) is 12.7. The van der Waals surface area contributed by atoms with Gasteiger partial charge in [-0.15, -0.1) is 11.3 Å². The Labute approximate surface area is 125 Å². The molecule has 1 aromatic carbocycles. The van der Waals surface area contributed by atoms with Crippen LogP contribution in [0.4, 0.5) is 0 Å². The van der Waals surface area contributed by atoms with Gasteiger partial charge in [-0.2, -0.15) is 0 Å². The number of ether oxygens (including phenoxy) is 1. The standard InChI is InChI=1S/C17H23NOS/c1-12-9-14(3)15(4)16(10-12)19-7-6-18-11-17-13(2)5-8-20-17/h5,8-10,18H,6-7,11H2,1-4H3. The van der Waals surface area contributed by atoms with Gasteiger partial charge in [0.15, 0.2) is 0 Å². The van der Waals surface area contributed by atoms with E-state index < -0.39 is 0 Å². The number of aryl methyl sites for hydroxylation is 3. The lowest BCUT2D eigenvalue weighted by Crippen LogP contribution is -2.20. The summed E-state index contributed by atoms with van der Waals surface area (Å²) in [5, 5.41) is 5.57. The van der Waals surface area contributed by atoms with Crippen molar-refractivity contribution in [2.45, 2.75) is 34.2 Å². The van der Waals surface area contributed by atoms with E-state index in [1.165, 1.54) is 27.1 Å². The monoisotopic (exact) mass is 289 g/mol. The molecule has 2 nitrogen and oxygen atoms in total. The smallest absolute Gasteiger partial charge is 0.122 e. The van der Waals surface area contributed by atoms with E-state index in [0.717, 1.165) is 18.8 Å². The van der Waals surface area contributed by atoms with E-state index in [1.807, 2.05) is 11.3 Å². The third-order valence-electron chi connectivity index (χ3n) is 3.55. The van der Waals surface area contributed by atoms with E-state index in [2.05, 4.69) is 56.6 Å². The van der Waals surface area contributed by atoms with Crippen LogP contribution in [0.15, 0.2) is 23.6 Å². The average Bonchev–Trinajstić information content (AvgIpc) is 2.80. The Morgan fingerprint density at radius 3 is 2.60 bits per heavy atom. The predicted octanol–water partition coefficient (Wildman–Crippen LogP) is 4.15. The first-order valence-corrected chi connectivity index (χ1v) is 7.90. The maximum absolute atomic E-state index is 5.89. The molecule has 0 aliphatic rings. The van der Waals surface area contributed by atoms with Gasteiger partial charge in [0.05, 0.1) is 0 Å². The molecule has 2 aromatic rings. The normalized spacial score (nSPS) is 10.8. The number of thiophene rings is 1. The minimum absolute atomic E-state index is 0.703. The Balaban J connectivity index is 1.78. The zero-order valence-corrected chi connectivity index (χ0v) is 13.6. The molecule has 0 aliphatic heterocycles. The fraction of sp³-hybridized carbons (Fsp3) is 0.412. The molecular formula is C17H23NOS. The molecule has 0 atom stereocenters. The molecule has 2 rings (SSSR count). The number of hydrogen-bond donors (Lipinski definition) is 1. The summed E-state index contributed by atoms with van der Waals surface area (Å²) in [6.07, 6.45) is 0. The second-order valence-electron chi connectivity index (χ2n) is 5.26. The molecule has 0 spiro atoms. The third-order valence-corrected chi connectivity index (χ3v) is 4.58. The van der Waals surface area contributed by atoms with Crippen molar-refractivity contribution in [1.29, 1.82) is 0 Å². The molecule has 3 heteroatoms. The topological polar surface area (TPSA) is 21.3 Å². The van der Waals surface area contributed by atoms with Crippen molar-refractivity contribution in [3.63, 3.8) is 0 Å². The summed E-state index contributed by atoms with van der Waals surface area (Å²) in [5.41, 5.74) is 5.16. The Hall–Kier alpha value is -1.32. The summed E-state index contributed by atoms with van der Waals surface area (Å²) in [5.74, 6) is 1.01. The van der Waals surface area contributed by atoms with Crippen molar-refractivity contribution in [2.75, 3.05) is 13.2 Å². The predicted molar refractivity (Wildman–Crippen MR) is 86.9 cm³/mol. The molecular weight excluding hydrogens is 266 g/mol. The van der Waals surface area contributed by atoms with Gasteiger partial charge >= 0.3 is 0 Å². The highest BCUT2D eigenvalue weighted by molar-refractivity contribution is 7.10. The van der Waals surface area contributed by atoms with Crippen LogP contribution in [-0.4, -0.2) is 13.2 Å². The van der Waals surface area contributed by atoms with Gasteiger partial charge < -0.3 is 10.1 Å². The Morgan fingerprint density at radius 2 is 1.90 bits per heavy atom. The quantitative estimate of drug-likeness (QED) is 0.807. The van der Waals surface area contributed by atoms with Crippen LogP contribution >= 0.6 is 11.3 Å². The number of hydrogen-bond acceptors (Lipinski definition) is 3. The molecule has 0 saturated heterocycles. The lowest BCUT2D eigenvalue weighted by atomic mass is 10.1. The number of rotatable bonds is 6. The van der Waals surface area contributed by atoms with E-state index in [1.54, 1.807) is 0 Å². The molecule has 1 aromatic heterocycles. The van der Waals surface area contributed by atoms with Gasteiger partial charge in [0.2, 0.25) is 0 Å². The van der Waals surface area contributed by atoms with E-state index in [0.29, 0.717) is 6.61 Å². The van der Waals surface area contributed by atoms with Gasteiger partial charge in [-0.25, -0.2) is 0 Å². The molecule has 0 fully saturated rings. The first kappa shape index (κ1) is 15.1. The molecule has 0 unspecified atom stereocenters. The zero-order chi connectivity index (χ0) is 14.5. The maximum Gasteiger partial charge on any atom is 0.122 e. The van der Waals surface area contributed by atoms with Crippen molar-refractivity contribution < 1.29 is 4.74 Å². The highest BCUT2D eigenvalue weighted by Gasteiger charge is 2.04. The van der Waals surface area contributed by atoms with E-state index in [9.17, 15) is 0 Å². The van der Waals surface area contributed by atoms with Crippen LogP contribution in [0.25, 0.3) is 0 Å². The maximum atomic E-state index is 5.89. The highest BCUT2D eigenvalue weighted by Crippen LogP contribution is 2.23. The molecule has 0 aliphatic carbocycles. The summed E-state index contributed by atoms with van der Waals surface area (Å²) >= 11 is 1.81. The SMILES string of the molecule is Cc1cc(C)c(C)c(OCCNCc2sccc2C)c1. The summed E-state index contributed by atoms with van der Waals surface area (Å²) in [6.45, 7) is 11.0. The first-order valence-electron chi connectivity index (χ1n) is 7.02. The van der Waals surface area contributed by atoms with Gasteiger partial charge in [-0.1, -0.05) is 6.07 Å². The summed E-state index contributed by atoms with van der Waals surface area (Å²) in [4.78, 5) is 1.41. The summed E-state index contributed by atoms with van der Waals surface area (Å²) < 4.78 is 5.89. The van der Waals surface area contributed by atoms with Crippen LogP contribution in [0.5, 0.6) is 5.75 Å². The molecule has 1 N–H and O–H groups in total. The van der Waals surface area contributed by atoms with Crippen molar-refractivity contribution in [3.05, 3.63) is 50.7 Å². The van der Waals surface area contributed by atoms with Crippen LogP contribution in [0, 0.1) is 27.7 Å². The lowest BCUT2D eigenvalue weighted by Gasteiger charge is -2.12. The molecule has 0 saturated carbocycles. The Bertz CT molecular complexity index is 574. The van der Waals surface area contributed by atoms with Gasteiger partial charge in [-0.05, 0) is 67.5 Å². The van der Waals surface area contributed by atoms with Crippen molar-refractivity contribution in [3.8, 4) is 5.75 Å². The molecule has 0 amide bonds. The first-order chi connectivity index (χ1) is 9.58. The van der Waals surface area contributed by atoms with Crippen LogP contribution in [0.2, 0.25) is 0 Å². The van der Waals surface area contributed by atoms with Gasteiger partial charge in [-0.3, -0.25) is 0 Å². The van der Waals surface area contributed by atoms with Gasteiger partial charge in [0.1, 0.15) is 12.4 Å². The number of nitrogens with one attached hydrogen (secondary N) is 1. The largest absolute Gasteiger partial charge is 0.492 e. The molecule has 0 radical (unpaired) electrons. The second kappa shape index (κ2) is 6.91. The van der Waals surface area contributed by atoms with E-state index in [-0.39, 0.29) is 0 Å². The van der Waals surface area contributed by atoms with Crippen molar-refractivity contribution in [2.24, 2.45) is 0 Å². The highest BCUT2D eigenvalue weighted by atomic mass is 32.1. The van der Waals surface area contributed by atoms with Crippen molar-refractivity contribution >= 4 is 11.3 Å². The van der Waals surface area contributed by atoms with Gasteiger partial charge in [0.25, 0.3) is 0 Å². The van der Waals surface area contributed by atoms with E-state index in [4.69, 9.17) is 4.74 Å². The van der Waals surface area contributed by atoms with E-state index >= 15 is 0 Å². The number of benzene rings is 1. The fourth-order valence-electron chi connectivity index (χ4n) is 2.17. The minimum atomic E-state index is 0.703. The van der Waals surface area contributed by atoms with Crippen LogP contribution < -0.4 is 10.1 Å². The lowest BCUT2D eigenvalue weighted by molar-refractivity contribution is 0.311. The molecule has 1 heterocycles. The minimum Gasteiger partial charge on any atom is -0.492 e. The Morgan fingerprint density at radius 1 is 1.10 bits per heavy atom. The van der Waals surface area contributed by atoms with Crippen LogP contribution in [-0.2, 0) is 6.54 Å².